The van der Waals surface area contributed by atoms with Gasteiger partial charge in [0.2, 0.25) is 0 Å². The number of ether oxygens (including phenoxy) is 1. The maximum atomic E-state index is 11.6. The summed E-state index contributed by atoms with van der Waals surface area (Å²) in [5, 5.41) is 22.0. The standard InChI is InChI=1S/C17H19NO3/c1-18-8-7-16-14-10-3-2-4-12(14)21-15(16)11(19)5-6-17(16,20)13(18)9-10/h2-6,11,13,15,19-20H,7-9H2,1H3/t11-,13?,15-,16?,17?/m0/s1. The summed E-state index contributed by atoms with van der Waals surface area (Å²) in [6.07, 6.45) is 4.16. The van der Waals surface area contributed by atoms with E-state index in [0.717, 1.165) is 30.7 Å². The maximum Gasteiger partial charge on any atom is 0.141 e. The molecule has 3 unspecified atom stereocenters. The lowest BCUT2D eigenvalue weighted by molar-refractivity contribution is -0.151. The van der Waals surface area contributed by atoms with Crippen LogP contribution in [0.4, 0.5) is 0 Å². The Labute approximate surface area is 123 Å². The van der Waals surface area contributed by atoms with E-state index in [1.807, 2.05) is 18.2 Å². The average Bonchev–Trinajstić information content (AvgIpc) is 2.81. The molecule has 4 nitrogen and oxygen atoms in total. The third-order valence-corrected chi connectivity index (χ3v) is 6.18. The fourth-order valence-electron chi connectivity index (χ4n) is 5.26. The first-order valence-electron chi connectivity index (χ1n) is 7.67. The Morgan fingerprint density at radius 2 is 2.24 bits per heavy atom. The molecule has 2 bridgehead atoms. The predicted octanol–water partition coefficient (Wildman–Crippen LogP) is 0.607. The summed E-state index contributed by atoms with van der Waals surface area (Å²) >= 11 is 0. The quantitative estimate of drug-likeness (QED) is 0.686. The molecule has 110 valence electrons. The number of benzene rings is 1. The fourth-order valence-corrected chi connectivity index (χ4v) is 5.26. The largest absolute Gasteiger partial charge is 0.486 e. The molecular formula is C17H19NO3. The normalized spacial score (nSPS) is 46.1. The molecule has 1 aromatic carbocycles. The molecule has 0 radical (unpaired) electrons. The maximum absolute atomic E-state index is 11.6. The van der Waals surface area contributed by atoms with Crippen molar-refractivity contribution >= 4 is 0 Å². The number of piperidine rings is 1. The van der Waals surface area contributed by atoms with Crippen molar-refractivity contribution in [3.05, 3.63) is 41.5 Å². The van der Waals surface area contributed by atoms with Gasteiger partial charge in [0.1, 0.15) is 23.6 Å². The van der Waals surface area contributed by atoms with Gasteiger partial charge in [-0.15, -0.1) is 0 Å². The molecule has 2 heterocycles. The SMILES string of the molecule is CN1CCC23c4c5cccc4O[C@H]2[C@@H](O)C=CC3(O)C1C5. The number of hydrogen-bond donors (Lipinski definition) is 2. The van der Waals surface area contributed by atoms with Crippen LogP contribution in [-0.4, -0.2) is 52.6 Å². The predicted molar refractivity (Wildman–Crippen MR) is 77.4 cm³/mol. The molecule has 1 saturated heterocycles. The van der Waals surface area contributed by atoms with Gasteiger partial charge < -0.3 is 14.9 Å². The highest BCUT2D eigenvalue weighted by molar-refractivity contribution is 5.59. The van der Waals surface area contributed by atoms with E-state index in [9.17, 15) is 10.2 Å². The molecule has 5 rings (SSSR count). The number of likely N-dealkylation sites (tertiary alicyclic amines) is 1. The third-order valence-electron chi connectivity index (χ3n) is 6.18. The zero-order valence-electron chi connectivity index (χ0n) is 12.0. The van der Waals surface area contributed by atoms with Crippen molar-refractivity contribution in [2.75, 3.05) is 13.6 Å². The Morgan fingerprint density at radius 3 is 3.10 bits per heavy atom. The van der Waals surface area contributed by atoms with Crippen molar-refractivity contribution in [1.82, 2.24) is 4.90 Å². The zero-order valence-corrected chi connectivity index (χ0v) is 12.0. The second-order valence-electron chi connectivity index (χ2n) is 6.93. The van der Waals surface area contributed by atoms with E-state index >= 15 is 0 Å². The molecule has 0 aromatic heterocycles. The molecule has 4 heteroatoms. The molecule has 2 N–H and O–H groups in total. The van der Waals surface area contributed by atoms with E-state index in [1.54, 1.807) is 6.08 Å². The van der Waals surface area contributed by atoms with Gasteiger partial charge in [0.15, 0.2) is 0 Å². The van der Waals surface area contributed by atoms with Gasteiger partial charge >= 0.3 is 0 Å². The zero-order chi connectivity index (χ0) is 14.4. The van der Waals surface area contributed by atoms with E-state index in [4.69, 9.17) is 4.74 Å². The minimum atomic E-state index is -0.955. The van der Waals surface area contributed by atoms with Crippen LogP contribution in [0.3, 0.4) is 0 Å². The highest BCUT2D eigenvalue weighted by atomic mass is 16.5. The smallest absolute Gasteiger partial charge is 0.141 e. The number of aliphatic hydroxyl groups is 2. The highest BCUT2D eigenvalue weighted by Crippen LogP contribution is 2.62. The second kappa shape index (κ2) is 3.51. The molecule has 1 spiro atoms. The van der Waals surface area contributed by atoms with Crippen molar-refractivity contribution in [2.24, 2.45) is 0 Å². The summed E-state index contributed by atoms with van der Waals surface area (Å²) in [4.78, 5) is 2.25. The summed E-state index contributed by atoms with van der Waals surface area (Å²) in [6.45, 7) is 0.918. The van der Waals surface area contributed by atoms with Gasteiger partial charge in [0.05, 0.1) is 5.41 Å². The number of nitrogens with zero attached hydrogens (tertiary/aromatic N) is 1. The van der Waals surface area contributed by atoms with Crippen molar-refractivity contribution in [2.45, 2.75) is 42.1 Å². The molecule has 1 aromatic rings. The van der Waals surface area contributed by atoms with Gasteiger partial charge in [0, 0.05) is 11.6 Å². The Morgan fingerprint density at radius 1 is 1.38 bits per heavy atom. The first kappa shape index (κ1) is 12.2. The third kappa shape index (κ3) is 1.13. The average molecular weight is 285 g/mol. The van der Waals surface area contributed by atoms with Crippen LogP contribution in [0.15, 0.2) is 30.4 Å². The second-order valence-corrected chi connectivity index (χ2v) is 6.93. The van der Waals surface area contributed by atoms with Crippen molar-refractivity contribution in [3.63, 3.8) is 0 Å². The molecule has 0 saturated carbocycles. The number of hydrogen-bond acceptors (Lipinski definition) is 4. The Balaban J connectivity index is 1.88. The van der Waals surface area contributed by atoms with Crippen LogP contribution in [0.2, 0.25) is 0 Å². The number of aliphatic hydroxyl groups excluding tert-OH is 1. The van der Waals surface area contributed by atoms with Gasteiger partial charge in [-0.3, -0.25) is 4.90 Å². The Bertz CT molecular complexity index is 672. The first-order chi connectivity index (χ1) is 10.1. The molecule has 2 aliphatic heterocycles. The molecule has 4 aliphatic rings. The summed E-state index contributed by atoms with van der Waals surface area (Å²) < 4.78 is 6.11. The van der Waals surface area contributed by atoms with Gasteiger partial charge in [-0.05, 0) is 38.1 Å². The van der Waals surface area contributed by atoms with Crippen LogP contribution >= 0.6 is 0 Å². The van der Waals surface area contributed by atoms with Crippen LogP contribution in [0, 0.1) is 0 Å². The highest BCUT2D eigenvalue weighted by Gasteiger charge is 2.70. The van der Waals surface area contributed by atoms with Crippen LogP contribution in [0.1, 0.15) is 17.5 Å². The molecule has 21 heavy (non-hydrogen) atoms. The monoisotopic (exact) mass is 285 g/mol. The van der Waals surface area contributed by atoms with Gasteiger partial charge in [0.25, 0.3) is 0 Å². The number of rotatable bonds is 0. The van der Waals surface area contributed by atoms with Crippen molar-refractivity contribution < 1.29 is 14.9 Å². The van der Waals surface area contributed by atoms with Gasteiger partial charge in [-0.2, -0.15) is 0 Å². The van der Waals surface area contributed by atoms with E-state index in [-0.39, 0.29) is 12.1 Å². The number of likely N-dealkylation sites (N-methyl/N-ethyl adjacent to an activating group) is 1. The van der Waals surface area contributed by atoms with Crippen molar-refractivity contribution in [3.8, 4) is 5.75 Å². The van der Waals surface area contributed by atoms with E-state index in [0.29, 0.717) is 0 Å². The van der Waals surface area contributed by atoms with E-state index in [1.165, 1.54) is 5.56 Å². The van der Waals surface area contributed by atoms with Gasteiger partial charge in [-0.1, -0.05) is 24.3 Å². The van der Waals surface area contributed by atoms with Crippen LogP contribution < -0.4 is 4.74 Å². The van der Waals surface area contributed by atoms with E-state index < -0.39 is 17.1 Å². The van der Waals surface area contributed by atoms with Crippen molar-refractivity contribution in [1.29, 1.82) is 0 Å². The molecular weight excluding hydrogens is 266 g/mol. The summed E-state index contributed by atoms with van der Waals surface area (Å²) in [6, 6.07) is 6.17. The Hall–Kier alpha value is -1.36. The fraction of sp³-hybridized carbons (Fsp3) is 0.529. The lowest BCUT2D eigenvalue weighted by Gasteiger charge is -2.61. The van der Waals surface area contributed by atoms with Crippen LogP contribution in [-0.2, 0) is 11.8 Å². The summed E-state index contributed by atoms with van der Waals surface area (Å²) in [5.41, 5.74) is 0.954. The summed E-state index contributed by atoms with van der Waals surface area (Å²) in [5.74, 6) is 0.849. The minimum Gasteiger partial charge on any atom is -0.486 e. The van der Waals surface area contributed by atoms with E-state index in [2.05, 4.69) is 18.0 Å². The Kier molecular flexibility index (Phi) is 2.04. The van der Waals surface area contributed by atoms with Crippen LogP contribution in [0.25, 0.3) is 0 Å². The molecule has 2 aliphatic carbocycles. The molecule has 5 atom stereocenters. The first-order valence-corrected chi connectivity index (χ1v) is 7.67. The minimum absolute atomic E-state index is 0.0435. The molecule has 0 amide bonds. The topological polar surface area (TPSA) is 52.9 Å². The molecule has 1 fully saturated rings. The lowest BCUT2D eigenvalue weighted by Crippen LogP contribution is -2.75. The summed E-state index contributed by atoms with van der Waals surface area (Å²) in [7, 11) is 2.08. The van der Waals surface area contributed by atoms with Gasteiger partial charge in [-0.25, -0.2) is 0 Å². The van der Waals surface area contributed by atoms with Crippen LogP contribution in [0.5, 0.6) is 5.75 Å². The lowest BCUT2D eigenvalue weighted by atomic mass is 9.50.